The van der Waals surface area contributed by atoms with Crippen molar-refractivity contribution in [3.8, 4) is 0 Å². The summed E-state index contributed by atoms with van der Waals surface area (Å²) in [6.45, 7) is 0.353. The molecule has 1 saturated heterocycles. The molecule has 0 aliphatic carbocycles. The van der Waals surface area contributed by atoms with Crippen molar-refractivity contribution in [2.75, 3.05) is 13.1 Å². The molecule has 1 aromatic carbocycles. The predicted octanol–water partition coefficient (Wildman–Crippen LogP) is 2.47. The van der Waals surface area contributed by atoms with Crippen molar-refractivity contribution in [3.05, 3.63) is 39.5 Å². The van der Waals surface area contributed by atoms with E-state index >= 15 is 0 Å². The van der Waals surface area contributed by atoms with E-state index in [4.69, 9.17) is 17.3 Å². The van der Waals surface area contributed by atoms with Crippen LogP contribution in [0.5, 0.6) is 0 Å². The Morgan fingerprint density at radius 1 is 1.42 bits per heavy atom. The van der Waals surface area contributed by atoms with E-state index in [1.807, 2.05) is 0 Å². The van der Waals surface area contributed by atoms with E-state index < -0.39 is 17.0 Å². The summed E-state index contributed by atoms with van der Waals surface area (Å²) in [7, 11) is 0. The molecule has 1 aromatic rings. The average Bonchev–Trinajstić information content (AvgIpc) is 2.61. The van der Waals surface area contributed by atoms with E-state index in [0.717, 1.165) is 22.7 Å². The van der Waals surface area contributed by atoms with Gasteiger partial charge in [0.2, 0.25) is 0 Å². The van der Waals surface area contributed by atoms with E-state index in [0.29, 0.717) is 0 Å². The van der Waals surface area contributed by atoms with Gasteiger partial charge >= 0.3 is 0 Å². The first-order chi connectivity index (χ1) is 9.02. The summed E-state index contributed by atoms with van der Waals surface area (Å²) in [5.41, 5.74) is 5.53. The summed E-state index contributed by atoms with van der Waals surface area (Å²) in [4.78, 5) is 24.7. The molecule has 0 aromatic heterocycles. The molecular weight excluding hydrogens is 291 g/mol. The number of benzene rings is 1. The van der Waals surface area contributed by atoms with Crippen LogP contribution in [0.2, 0.25) is 5.02 Å². The van der Waals surface area contributed by atoms with Crippen molar-refractivity contribution in [2.24, 2.45) is 5.73 Å². The van der Waals surface area contributed by atoms with Gasteiger partial charge in [-0.3, -0.25) is 14.5 Å². The van der Waals surface area contributed by atoms with Crippen LogP contribution < -0.4 is 5.73 Å². The van der Waals surface area contributed by atoms with Crippen molar-refractivity contribution >= 4 is 40.6 Å². The van der Waals surface area contributed by atoms with Gasteiger partial charge in [-0.15, -0.1) is 0 Å². The quantitative estimate of drug-likeness (QED) is 0.871. The van der Waals surface area contributed by atoms with Crippen molar-refractivity contribution in [1.29, 1.82) is 0 Å². The first-order valence-electron chi connectivity index (χ1n) is 5.43. The van der Waals surface area contributed by atoms with Gasteiger partial charge in [0.05, 0.1) is 4.91 Å². The zero-order valence-electron chi connectivity index (χ0n) is 9.73. The molecule has 0 spiro atoms. The molecule has 2 rings (SSSR count). The standard InChI is InChI=1S/C12H10ClFN2O2S/c13-8-2-1-7(9(14)6-8)5-10-11(17)16(4-3-15)12(18)19-10/h1-2,5-6H,3-4,15H2/b10-5+. The highest BCUT2D eigenvalue weighted by atomic mass is 35.5. The lowest BCUT2D eigenvalue weighted by atomic mass is 10.2. The van der Waals surface area contributed by atoms with Crippen molar-refractivity contribution < 1.29 is 14.0 Å². The summed E-state index contributed by atoms with van der Waals surface area (Å²) < 4.78 is 13.6. The maximum Gasteiger partial charge on any atom is 0.293 e. The van der Waals surface area contributed by atoms with Crippen molar-refractivity contribution in [2.45, 2.75) is 0 Å². The Morgan fingerprint density at radius 2 is 2.16 bits per heavy atom. The van der Waals surface area contributed by atoms with Crippen molar-refractivity contribution in [1.82, 2.24) is 4.90 Å². The molecule has 1 aliphatic rings. The molecule has 1 aliphatic heterocycles. The van der Waals surface area contributed by atoms with Crippen LogP contribution in [-0.2, 0) is 4.79 Å². The Kier molecular flexibility index (Phi) is 4.24. The maximum atomic E-state index is 13.6. The van der Waals surface area contributed by atoms with Crippen LogP contribution in [0.15, 0.2) is 23.1 Å². The largest absolute Gasteiger partial charge is 0.329 e. The van der Waals surface area contributed by atoms with E-state index in [2.05, 4.69) is 0 Å². The first-order valence-corrected chi connectivity index (χ1v) is 6.63. The molecule has 19 heavy (non-hydrogen) atoms. The number of halogens is 2. The van der Waals surface area contributed by atoms with Crippen LogP contribution in [0.1, 0.15) is 5.56 Å². The zero-order chi connectivity index (χ0) is 14.0. The molecule has 0 radical (unpaired) electrons. The number of amides is 2. The smallest absolute Gasteiger partial charge is 0.293 e. The highest BCUT2D eigenvalue weighted by Crippen LogP contribution is 2.32. The molecule has 2 amide bonds. The number of hydrogen-bond acceptors (Lipinski definition) is 4. The van der Waals surface area contributed by atoms with Crippen LogP contribution in [-0.4, -0.2) is 29.1 Å². The van der Waals surface area contributed by atoms with Gasteiger partial charge in [0.15, 0.2) is 0 Å². The van der Waals surface area contributed by atoms with E-state index in [-0.39, 0.29) is 28.6 Å². The Bertz CT molecular complexity index is 577. The molecule has 1 heterocycles. The maximum absolute atomic E-state index is 13.6. The van der Waals surface area contributed by atoms with Gasteiger partial charge in [-0.1, -0.05) is 17.7 Å². The summed E-state index contributed by atoms with van der Waals surface area (Å²) >= 11 is 6.41. The minimum absolute atomic E-state index is 0.158. The fourth-order valence-electron chi connectivity index (χ4n) is 1.58. The number of nitrogens with zero attached hydrogens (tertiary/aromatic N) is 1. The SMILES string of the molecule is NCCN1C(=O)S/C(=C/c2ccc(Cl)cc2F)C1=O. The number of carbonyl (C=O) groups excluding carboxylic acids is 2. The Labute approximate surface area is 118 Å². The van der Waals surface area contributed by atoms with Crippen LogP contribution >= 0.6 is 23.4 Å². The number of imide groups is 1. The molecule has 0 atom stereocenters. The normalized spacial score (nSPS) is 17.6. The van der Waals surface area contributed by atoms with Gasteiger partial charge in [-0.2, -0.15) is 0 Å². The molecule has 100 valence electrons. The molecule has 1 fully saturated rings. The lowest BCUT2D eigenvalue weighted by molar-refractivity contribution is -0.122. The molecular formula is C12H10ClFN2O2S. The summed E-state index contributed by atoms with van der Waals surface area (Å²) in [6.07, 6.45) is 1.34. The molecule has 2 N–H and O–H groups in total. The second kappa shape index (κ2) is 5.73. The lowest BCUT2D eigenvalue weighted by Gasteiger charge is -2.09. The number of rotatable bonds is 3. The topological polar surface area (TPSA) is 63.4 Å². The second-order valence-corrected chi connectivity index (χ2v) is 5.22. The minimum Gasteiger partial charge on any atom is -0.329 e. The Hall–Kier alpha value is -1.37. The van der Waals surface area contributed by atoms with Crippen LogP contribution in [0.4, 0.5) is 9.18 Å². The summed E-state index contributed by atoms with van der Waals surface area (Å²) in [5, 5.41) is -0.123. The average molecular weight is 301 g/mol. The fourth-order valence-corrected chi connectivity index (χ4v) is 2.60. The van der Waals surface area contributed by atoms with Gasteiger partial charge in [0.25, 0.3) is 11.1 Å². The number of thioether (sulfide) groups is 1. The third-order valence-electron chi connectivity index (χ3n) is 2.48. The van der Waals surface area contributed by atoms with Gasteiger partial charge in [-0.05, 0) is 30.0 Å². The fraction of sp³-hybridized carbons (Fsp3) is 0.167. The zero-order valence-corrected chi connectivity index (χ0v) is 11.3. The third kappa shape index (κ3) is 2.97. The number of nitrogens with two attached hydrogens (primary N) is 1. The third-order valence-corrected chi connectivity index (χ3v) is 3.62. The van der Waals surface area contributed by atoms with Gasteiger partial charge in [0.1, 0.15) is 5.82 Å². The van der Waals surface area contributed by atoms with E-state index in [1.165, 1.54) is 18.2 Å². The highest BCUT2D eigenvalue weighted by Gasteiger charge is 2.34. The monoisotopic (exact) mass is 300 g/mol. The molecule has 0 saturated carbocycles. The summed E-state index contributed by atoms with van der Waals surface area (Å²) in [6, 6.07) is 4.12. The van der Waals surface area contributed by atoms with Crippen molar-refractivity contribution in [3.63, 3.8) is 0 Å². The van der Waals surface area contributed by atoms with Crippen LogP contribution in [0.25, 0.3) is 6.08 Å². The number of carbonyl (C=O) groups is 2. The minimum atomic E-state index is -0.543. The molecule has 7 heteroatoms. The van der Waals surface area contributed by atoms with Gasteiger partial charge in [0, 0.05) is 23.7 Å². The van der Waals surface area contributed by atoms with E-state index in [9.17, 15) is 14.0 Å². The second-order valence-electron chi connectivity index (χ2n) is 3.79. The Morgan fingerprint density at radius 3 is 2.79 bits per heavy atom. The molecule has 0 bridgehead atoms. The molecule has 4 nitrogen and oxygen atoms in total. The number of hydrogen-bond donors (Lipinski definition) is 1. The van der Waals surface area contributed by atoms with Gasteiger partial charge in [-0.25, -0.2) is 4.39 Å². The first kappa shape index (κ1) is 14.0. The van der Waals surface area contributed by atoms with Crippen LogP contribution in [0, 0.1) is 5.82 Å². The lowest BCUT2D eigenvalue weighted by Crippen LogP contribution is -2.33. The van der Waals surface area contributed by atoms with E-state index in [1.54, 1.807) is 0 Å². The Balaban J connectivity index is 2.30. The highest BCUT2D eigenvalue weighted by molar-refractivity contribution is 8.18. The predicted molar refractivity (Wildman–Crippen MR) is 73.1 cm³/mol. The van der Waals surface area contributed by atoms with Crippen LogP contribution in [0.3, 0.4) is 0 Å². The molecule has 0 unspecified atom stereocenters. The summed E-state index contributed by atoms with van der Waals surface area (Å²) in [5.74, 6) is -0.993. The van der Waals surface area contributed by atoms with Gasteiger partial charge < -0.3 is 5.73 Å².